The second kappa shape index (κ2) is 6.85. The molecule has 0 aromatic carbocycles. The Kier molecular flexibility index (Phi) is 5.05. The van der Waals surface area contributed by atoms with Gasteiger partial charge in [-0.25, -0.2) is 0 Å². The quantitative estimate of drug-likeness (QED) is 0.746. The predicted molar refractivity (Wildman–Crippen MR) is 82.4 cm³/mol. The molecule has 0 aromatic heterocycles. The van der Waals surface area contributed by atoms with E-state index in [0.29, 0.717) is 18.6 Å². The van der Waals surface area contributed by atoms with E-state index >= 15 is 0 Å². The van der Waals surface area contributed by atoms with Crippen LogP contribution in [0.25, 0.3) is 0 Å². The maximum atomic E-state index is 12.3. The number of ether oxygens (including phenoxy) is 3. The minimum Gasteiger partial charge on any atom is -0.464 e. The van der Waals surface area contributed by atoms with Gasteiger partial charge in [0.1, 0.15) is 6.04 Å². The van der Waals surface area contributed by atoms with Gasteiger partial charge in [-0.1, -0.05) is 13.8 Å². The molecule has 1 aliphatic carbocycles. The molecule has 1 atom stereocenters. The molecule has 126 valence electrons. The molecule has 22 heavy (non-hydrogen) atoms. The third-order valence-corrected chi connectivity index (χ3v) is 5.12. The molecule has 0 amide bonds. The number of esters is 1. The zero-order valence-corrected chi connectivity index (χ0v) is 13.9. The van der Waals surface area contributed by atoms with Gasteiger partial charge < -0.3 is 14.2 Å². The number of likely N-dealkylation sites (tertiary alicyclic amines) is 1. The lowest BCUT2D eigenvalue weighted by Crippen LogP contribution is -2.48. The molecule has 5 heteroatoms. The summed E-state index contributed by atoms with van der Waals surface area (Å²) in [6.45, 7) is 7.13. The van der Waals surface area contributed by atoms with Gasteiger partial charge in [-0.05, 0) is 38.1 Å². The maximum Gasteiger partial charge on any atom is 0.323 e. The van der Waals surface area contributed by atoms with Crippen LogP contribution in [0.1, 0.15) is 52.4 Å². The Morgan fingerprint density at radius 3 is 2.55 bits per heavy atom. The molecule has 0 bridgehead atoms. The first-order valence-corrected chi connectivity index (χ1v) is 8.80. The van der Waals surface area contributed by atoms with Crippen molar-refractivity contribution >= 4 is 5.97 Å². The highest BCUT2D eigenvalue weighted by atomic mass is 16.7. The fraction of sp³-hybridized carbons (Fsp3) is 0.941. The first-order chi connectivity index (χ1) is 10.6. The van der Waals surface area contributed by atoms with Crippen LogP contribution < -0.4 is 0 Å². The molecule has 3 rings (SSSR count). The van der Waals surface area contributed by atoms with E-state index < -0.39 is 0 Å². The molecule has 3 aliphatic rings. The van der Waals surface area contributed by atoms with Crippen molar-refractivity contribution in [2.24, 2.45) is 5.92 Å². The molecule has 0 radical (unpaired) electrons. The van der Waals surface area contributed by atoms with Gasteiger partial charge in [0, 0.05) is 18.9 Å². The smallest absolute Gasteiger partial charge is 0.323 e. The van der Waals surface area contributed by atoms with Crippen molar-refractivity contribution in [1.29, 1.82) is 0 Å². The van der Waals surface area contributed by atoms with Gasteiger partial charge in [0.15, 0.2) is 5.79 Å². The summed E-state index contributed by atoms with van der Waals surface area (Å²) in [5, 5.41) is 0. The summed E-state index contributed by atoms with van der Waals surface area (Å²) < 4.78 is 17.1. The Hall–Kier alpha value is -0.650. The van der Waals surface area contributed by atoms with Gasteiger partial charge in [-0.15, -0.1) is 0 Å². The number of carbonyl (C=O) groups is 1. The van der Waals surface area contributed by atoms with Crippen LogP contribution in [0.4, 0.5) is 0 Å². The average molecular weight is 311 g/mol. The summed E-state index contributed by atoms with van der Waals surface area (Å²) in [5.74, 6) is 0.0500. The highest BCUT2D eigenvalue weighted by Gasteiger charge is 2.44. The van der Waals surface area contributed by atoms with Gasteiger partial charge >= 0.3 is 5.97 Å². The second-order valence-corrected chi connectivity index (χ2v) is 7.26. The average Bonchev–Trinajstić information content (AvgIpc) is 3.15. The van der Waals surface area contributed by atoms with Crippen molar-refractivity contribution in [3.8, 4) is 0 Å². The monoisotopic (exact) mass is 311 g/mol. The van der Waals surface area contributed by atoms with Crippen LogP contribution in [0.5, 0.6) is 0 Å². The number of hydrogen-bond donors (Lipinski definition) is 0. The maximum absolute atomic E-state index is 12.3. The van der Waals surface area contributed by atoms with Gasteiger partial charge in [-0.3, -0.25) is 9.69 Å². The summed E-state index contributed by atoms with van der Waals surface area (Å²) in [6, 6.07) is 0.431. The first kappa shape index (κ1) is 16.2. The lowest BCUT2D eigenvalue weighted by Gasteiger charge is -2.40. The Bertz CT molecular complexity index is 382. The minimum absolute atomic E-state index is 0.0279. The normalized spacial score (nSPS) is 29.5. The Morgan fingerprint density at radius 1 is 1.23 bits per heavy atom. The van der Waals surface area contributed by atoms with Gasteiger partial charge in [-0.2, -0.15) is 0 Å². The molecule has 2 saturated heterocycles. The molecule has 1 spiro atoms. The first-order valence-electron chi connectivity index (χ1n) is 8.80. The van der Waals surface area contributed by atoms with E-state index in [1.807, 2.05) is 0 Å². The number of rotatable bonds is 4. The lowest BCUT2D eigenvalue weighted by atomic mass is 9.88. The Balaban J connectivity index is 1.54. The van der Waals surface area contributed by atoms with Crippen molar-refractivity contribution < 1.29 is 19.0 Å². The zero-order chi connectivity index (χ0) is 15.6. The predicted octanol–water partition coefficient (Wildman–Crippen LogP) is 2.34. The highest BCUT2D eigenvalue weighted by molar-refractivity contribution is 5.76. The van der Waals surface area contributed by atoms with E-state index in [1.54, 1.807) is 0 Å². The number of carbonyl (C=O) groups excluding carboxylic acids is 1. The summed E-state index contributed by atoms with van der Waals surface area (Å²) in [5.41, 5.74) is 0. The number of nitrogens with zero attached hydrogens (tertiary/aromatic N) is 1. The van der Waals surface area contributed by atoms with Crippen LogP contribution in [0.2, 0.25) is 0 Å². The molecule has 0 unspecified atom stereocenters. The lowest BCUT2D eigenvalue weighted by molar-refractivity contribution is -0.185. The summed E-state index contributed by atoms with van der Waals surface area (Å²) in [7, 11) is 0. The van der Waals surface area contributed by atoms with Crippen LogP contribution in [0.3, 0.4) is 0 Å². The van der Waals surface area contributed by atoms with Crippen LogP contribution in [0.15, 0.2) is 0 Å². The molecular formula is C17H29NO4. The molecular weight excluding hydrogens is 282 g/mol. The van der Waals surface area contributed by atoms with E-state index in [-0.39, 0.29) is 17.8 Å². The largest absolute Gasteiger partial charge is 0.464 e. The summed E-state index contributed by atoms with van der Waals surface area (Å²) in [4.78, 5) is 14.7. The molecule has 0 aromatic rings. The highest BCUT2D eigenvalue weighted by Crippen LogP contribution is 2.39. The van der Waals surface area contributed by atoms with Crippen LogP contribution in [0, 0.1) is 5.92 Å². The van der Waals surface area contributed by atoms with Gasteiger partial charge in [0.25, 0.3) is 0 Å². The van der Waals surface area contributed by atoms with Crippen LogP contribution >= 0.6 is 0 Å². The fourth-order valence-electron chi connectivity index (χ4n) is 3.98. The topological polar surface area (TPSA) is 48.0 Å². The third-order valence-electron chi connectivity index (χ3n) is 5.12. The van der Waals surface area contributed by atoms with Gasteiger partial charge in [0.2, 0.25) is 0 Å². The van der Waals surface area contributed by atoms with E-state index in [4.69, 9.17) is 14.2 Å². The summed E-state index contributed by atoms with van der Waals surface area (Å²) in [6.07, 6.45) is 6.02. The zero-order valence-electron chi connectivity index (χ0n) is 13.9. The molecule has 0 N–H and O–H groups in total. The Morgan fingerprint density at radius 2 is 1.91 bits per heavy atom. The van der Waals surface area contributed by atoms with E-state index in [1.165, 1.54) is 0 Å². The van der Waals surface area contributed by atoms with Crippen LogP contribution in [-0.2, 0) is 19.0 Å². The van der Waals surface area contributed by atoms with Crippen molar-refractivity contribution in [2.45, 2.75) is 70.2 Å². The molecule has 2 heterocycles. The molecule has 3 fully saturated rings. The van der Waals surface area contributed by atoms with E-state index in [9.17, 15) is 4.79 Å². The number of hydrogen-bond acceptors (Lipinski definition) is 5. The molecule has 5 nitrogen and oxygen atoms in total. The van der Waals surface area contributed by atoms with Gasteiger partial charge in [0.05, 0.1) is 19.8 Å². The Labute approximate surface area is 133 Å². The minimum atomic E-state index is -0.316. The van der Waals surface area contributed by atoms with Crippen molar-refractivity contribution in [2.75, 3.05) is 26.4 Å². The second-order valence-electron chi connectivity index (χ2n) is 7.26. The van der Waals surface area contributed by atoms with E-state index in [0.717, 1.165) is 58.3 Å². The fourth-order valence-corrected chi connectivity index (χ4v) is 3.98. The van der Waals surface area contributed by atoms with Crippen molar-refractivity contribution in [3.05, 3.63) is 0 Å². The standard InChI is InChI=1S/C17H29NO4/c1-13(2)12-20-16(19)15-4-3-9-18(15)14-5-7-17(8-6-14)21-10-11-22-17/h13-15H,3-12H2,1-2H3/t15-/m0/s1. The van der Waals surface area contributed by atoms with Crippen LogP contribution in [-0.4, -0.2) is 55.1 Å². The molecule has 2 aliphatic heterocycles. The third kappa shape index (κ3) is 3.47. The van der Waals surface area contributed by atoms with Crippen molar-refractivity contribution in [1.82, 2.24) is 4.90 Å². The molecule has 1 saturated carbocycles. The van der Waals surface area contributed by atoms with Crippen molar-refractivity contribution in [3.63, 3.8) is 0 Å². The SMILES string of the molecule is CC(C)COC(=O)[C@@H]1CCCN1C1CCC2(CC1)OCCO2. The van der Waals surface area contributed by atoms with E-state index in [2.05, 4.69) is 18.7 Å². The summed E-state index contributed by atoms with van der Waals surface area (Å²) >= 11 is 0.